The van der Waals surface area contributed by atoms with Gasteiger partial charge in [-0.15, -0.1) is 0 Å². The fourth-order valence-electron chi connectivity index (χ4n) is 5.68. The van der Waals surface area contributed by atoms with Gasteiger partial charge in [0.05, 0.1) is 22.8 Å². The number of fused-ring (bicyclic) bond motifs is 1. The molecule has 8 rings (SSSR count). The summed E-state index contributed by atoms with van der Waals surface area (Å²) in [4.78, 5) is 19.6. The Balaban J connectivity index is 1.21. The molecule has 0 amide bonds. The van der Waals surface area contributed by atoms with Gasteiger partial charge in [0, 0.05) is 34.6 Å². The highest BCUT2D eigenvalue weighted by Crippen LogP contribution is 2.34. The maximum absolute atomic E-state index is 5.03. The van der Waals surface area contributed by atoms with Crippen molar-refractivity contribution in [1.82, 2.24) is 24.3 Å². The van der Waals surface area contributed by atoms with Gasteiger partial charge < -0.3 is 0 Å². The lowest BCUT2D eigenvalue weighted by molar-refractivity contribution is 1.18. The van der Waals surface area contributed by atoms with E-state index in [0.717, 1.165) is 56.4 Å². The molecule has 45 heavy (non-hydrogen) atoms. The summed E-state index contributed by atoms with van der Waals surface area (Å²) in [5.74, 6) is 0.693. The fraction of sp³-hybridized carbons (Fsp3) is 0. The largest absolute Gasteiger partial charge is 0.299 e. The van der Waals surface area contributed by atoms with Crippen molar-refractivity contribution in [2.45, 2.75) is 0 Å². The van der Waals surface area contributed by atoms with Gasteiger partial charge in [-0.05, 0) is 41.5 Å². The molecule has 0 aliphatic heterocycles. The molecule has 4 heterocycles. The summed E-state index contributed by atoms with van der Waals surface area (Å²) in [5.41, 5.74) is 11.7. The van der Waals surface area contributed by atoms with Gasteiger partial charge in [-0.2, -0.15) is 0 Å². The SMILES string of the molecule is c1ccc(-c2ccc(-c3cc(-c4ccc(-c5c(-c6ccccn6)nc6ccccn56)cc4)nc(-c4ccccc4)n3)cc2)cc1. The van der Waals surface area contributed by atoms with Gasteiger partial charge in [-0.1, -0.05) is 121 Å². The highest BCUT2D eigenvalue weighted by Gasteiger charge is 2.17. The van der Waals surface area contributed by atoms with Gasteiger partial charge in [-0.3, -0.25) is 9.38 Å². The van der Waals surface area contributed by atoms with E-state index in [9.17, 15) is 0 Å². The molecule has 0 spiro atoms. The summed E-state index contributed by atoms with van der Waals surface area (Å²) >= 11 is 0. The van der Waals surface area contributed by atoms with Crippen molar-refractivity contribution < 1.29 is 0 Å². The molecule has 0 aliphatic carbocycles. The van der Waals surface area contributed by atoms with E-state index in [1.54, 1.807) is 6.20 Å². The molecule has 5 heteroatoms. The molecule has 0 bridgehead atoms. The highest BCUT2D eigenvalue weighted by atomic mass is 15.0. The van der Waals surface area contributed by atoms with Crippen LogP contribution >= 0.6 is 0 Å². The Morgan fingerprint density at radius 3 is 1.60 bits per heavy atom. The monoisotopic (exact) mass is 577 g/mol. The van der Waals surface area contributed by atoms with Crippen LogP contribution in [0.4, 0.5) is 0 Å². The first-order valence-electron chi connectivity index (χ1n) is 14.9. The van der Waals surface area contributed by atoms with E-state index in [0.29, 0.717) is 5.82 Å². The number of hydrogen-bond acceptors (Lipinski definition) is 4. The second kappa shape index (κ2) is 11.5. The molecule has 0 atom stereocenters. The zero-order valence-electron chi connectivity index (χ0n) is 24.3. The molecule has 0 aliphatic rings. The molecule has 8 aromatic rings. The summed E-state index contributed by atoms with van der Waals surface area (Å²) in [6.45, 7) is 0. The molecule has 0 radical (unpaired) electrons. The number of nitrogens with zero attached hydrogens (tertiary/aromatic N) is 5. The third-order valence-electron chi connectivity index (χ3n) is 7.94. The summed E-state index contributed by atoms with van der Waals surface area (Å²) in [5, 5.41) is 0. The zero-order valence-corrected chi connectivity index (χ0v) is 24.3. The van der Waals surface area contributed by atoms with Crippen molar-refractivity contribution >= 4 is 5.65 Å². The van der Waals surface area contributed by atoms with E-state index in [-0.39, 0.29) is 0 Å². The second-order valence-electron chi connectivity index (χ2n) is 10.8. The zero-order chi connectivity index (χ0) is 30.0. The molecular formula is C40H27N5. The van der Waals surface area contributed by atoms with Crippen LogP contribution in [0.1, 0.15) is 0 Å². The minimum Gasteiger partial charge on any atom is -0.299 e. The third kappa shape index (κ3) is 5.17. The Hall–Kier alpha value is -6.20. The first-order valence-corrected chi connectivity index (χ1v) is 14.9. The molecule has 5 nitrogen and oxygen atoms in total. The number of rotatable bonds is 6. The molecule has 0 fully saturated rings. The topological polar surface area (TPSA) is 56.0 Å². The van der Waals surface area contributed by atoms with E-state index in [1.165, 1.54) is 11.1 Å². The highest BCUT2D eigenvalue weighted by molar-refractivity contribution is 5.82. The number of imidazole rings is 1. The third-order valence-corrected chi connectivity index (χ3v) is 7.94. The average Bonchev–Trinajstić information content (AvgIpc) is 3.52. The predicted molar refractivity (Wildman–Crippen MR) is 181 cm³/mol. The van der Waals surface area contributed by atoms with Crippen molar-refractivity contribution in [3.05, 3.63) is 164 Å². The Morgan fingerprint density at radius 1 is 0.400 bits per heavy atom. The van der Waals surface area contributed by atoms with Crippen molar-refractivity contribution in [3.8, 4) is 67.7 Å². The lowest BCUT2D eigenvalue weighted by Gasteiger charge is -2.11. The van der Waals surface area contributed by atoms with E-state index in [2.05, 4.69) is 88.2 Å². The molecular weight excluding hydrogens is 550 g/mol. The Kier molecular flexibility index (Phi) is 6.74. The Bertz CT molecular complexity index is 2220. The van der Waals surface area contributed by atoms with Crippen LogP contribution in [0.25, 0.3) is 73.3 Å². The maximum atomic E-state index is 5.03. The lowest BCUT2D eigenvalue weighted by atomic mass is 10.0. The lowest BCUT2D eigenvalue weighted by Crippen LogP contribution is -1.96. The van der Waals surface area contributed by atoms with Crippen LogP contribution < -0.4 is 0 Å². The minimum atomic E-state index is 0.693. The molecule has 4 aromatic heterocycles. The van der Waals surface area contributed by atoms with Crippen LogP contribution in [-0.4, -0.2) is 24.3 Å². The first kappa shape index (κ1) is 26.4. The number of benzene rings is 4. The normalized spacial score (nSPS) is 11.1. The summed E-state index contributed by atoms with van der Waals surface area (Å²) in [6.07, 6.45) is 3.85. The molecule has 0 unspecified atom stereocenters. The van der Waals surface area contributed by atoms with Gasteiger partial charge in [0.25, 0.3) is 0 Å². The average molecular weight is 578 g/mol. The van der Waals surface area contributed by atoms with Gasteiger partial charge in [0.1, 0.15) is 11.3 Å². The summed E-state index contributed by atoms with van der Waals surface area (Å²) < 4.78 is 2.12. The molecule has 0 saturated carbocycles. The summed E-state index contributed by atoms with van der Waals surface area (Å²) in [7, 11) is 0. The Morgan fingerprint density at radius 2 is 0.956 bits per heavy atom. The van der Waals surface area contributed by atoms with E-state index in [4.69, 9.17) is 15.0 Å². The molecule has 0 N–H and O–H groups in total. The van der Waals surface area contributed by atoms with Crippen LogP contribution in [0.15, 0.2) is 164 Å². The summed E-state index contributed by atoms with van der Waals surface area (Å²) in [6, 6.07) is 51.7. The van der Waals surface area contributed by atoms with Gasteiger partial charge in [-0.25, -0.2) is 15.0 Å². The fourth-order valence-corrected chi connectivity index (χ4v) is 5.68. The van der Waals surface area contributed by atoms with Crippen LogP contribution in [0.3, 0.4) is 0 Å². The quantitative estimate of drug-likeness (QED) is 0.197. The van der Waals surface area contributed by atoms with E-state index < -0.39 is 0 Å². The van der Waals surface area contributed by atoms with E-state index >= 15 is 0 Å². The van der Waals surface area contributed by atoms with Crippen LogP contribution in [0, 0.1) is 0 Å². The predicted octanol–water partition coefficient (Wildman–Crippen LogP) is 9.52. The molecule has 212 valence electrons. The van der Waals surface area contributed by atoms with Crippen LogP contribution in [0.5, 0.6) is 0 Å². The number of hydrogen-bond donors (Lipinski definition) is 0. The smallest absolute Gasteiger partial charge is 0.160 e. The van der Waals surface area contributed by atoms with Gasteiger partial charge >= 0.3 is 0 Å². The van der Waals surface area contributed by atoms with Crippen molar-refractivity contribution in [1.29, 1.82) is 0 Å². The van der Waals surface area contributed by atoms with Crippen molar-refractivity contribution in [2.75, 3.05) is 0 Å². The van der Waals surface area contributed by atoms with Crippen molar-refractivity contribution in [3.63, 3.8) is 0 Å². The molecule has 0 saturated heterocycles. The second-order valence-corrected chi connectivity index (χ2v) is 10.8. The number of aromatic nitrogens is 5. The van der Waals surface area contributed by atoms with Crippen LogP contribution in [-0.2, 0) is 0 Å². The van der Waals surface area contributed by atoms with Crippen molar-refractivity contribution in [2.24, 2.45) is 0 Å². The Labute approximate surface area is 261 Å². The van der Waals surface area contributed by atoms with Gasteiger partial charge in [0.15, 0.2) is 5.82 Å². The number of pyridine rings is 2. The molecule has 4 aromatic carbocycles. The van der Waals surface area contributed by atoms with Crippen LogP contribution in [0.2, 0.25) is 0 Å². The standard InChI is InChI=1S/C40H27N5/c1-3-11-28(12-4-1)29-17-19-30(20-18-29)35-27-36(43-40(42-35)33-13-5-2-6-14-33)31-21-23-32(24-22-31)39-38(34-15-7-9-25-41-34)44-37-16-8-10-26-45(37)39/h1-27H. The minimum absolute atomic E-state index is 0.693. The van der Waals surface area contributed by atoms with E-state index in [1.807, 2.05) is 79.0 Å². The first-order chi connectivity index (χ1) is 22.3. The van der Waals surface area contributed by atoms with Gasteiger partial charge in [0.2, 0.25) is 0 Å². The maximum Gasteiger partial charge on any atom is 0.160 e.